The molecule has 1 amide bonds. The Labute approximate surface area is 204 Å². The van der Waals surface area contributed by atoms with Crippen molar-refractivity contribution in [3.8, 4) is 5.75 Å². The number of carbonyl (C=O) groups excluding carboxylic acids is 1. The highest BCUT2D eigenvalue weighted by Gasteiger charge is 2.22. The van der Waals surface area contributed by atoms with Gasteiger partial charge < -0.3 is 15.0 Å². The minimum absolute atomic E-state index is 0.148. The average Bonchev–Trinajstić information content (AvgIpc) is 2.82. The Hall–Kier alpha value is -2.74. The molecule has 1 fully saturated rings. The van der Waals surface area contributed by atoms with Crippen LogP contribution in [0.4, 0.5) is 11.4 Å². The molecule has 2 aromatic rings. The van der Waals surface area contributed by atoms with Crippen LogP contribution in [0.25, 0.3) is 0 Å². The van der Waals surface area contributed by atoms with E-state index < -0.39 is 16.1 Å². The van der Waals surface area contributed by atoms with Crippen molar-refractivity contribution in [1.29, 1.82) is 0 Å². The number of nitrogens with zero attached hydrogens (tertiary/aromatic N) is 2. The van der Waals surface area contributed by atoms with Gasteiger partial charge in [0.2, 0.25) is 10.0 Å². The summed E-state index contributed by atoms with van der Waals surface area (Å²) in [4.78, 5) is 15.3. The minimum atomic E-state index is -3.34. The molecule has 1 N–H and O–H groups in total. The van der Waals surface area contributed by atoms with Crippen LogP contribution in [0.15, 0.2) is 48.5 Å². The Kier molecular flexibility index (Phi) is 8.47. The van der Waals surface area contributed by atoms with Crippen LogP contribution in [0.1, 0.15) is 51.6 Å². The highest BCUT2D eigenvalue weighted by atomic mass is 32.2. The van der Waals surface area contributed by atoms with Crippen molar-refractivity contribution in [1.82, 2.24) is 5.32 Å². The first-order chi connectivity index (χ1) is 16.1. The van der Waals surface area contributed by atoms with Crippen molar-refractivity contribution < 1.29 is 17.9 Å². The molecule has 0 bridgehead atoms. The van der Waals surface area contributed by atoms with Gasteiger partial charge in [0.15, 0.2) is 6.10 Å². The number of carbonyl (C=O) groups is 1. The molecule has 186 valence electrons. The molecular formula is C26H37N3O4S. The van der Waals surface area contributed by atoms with Gasteiger partial charge in [-0.15, -0.1) is 0 Å². The fourth-order valence-electron chi connectivity index (χ4n) is 4.20. The van der Waals surface area contributed by atoms with E-state index in [0.29, 0.717) is 17.9 Å². The molecule has 0 spiro atoms. The highest BCUT2D eigenvalue weighted by Crippen LogP contribution is 2.25. The largest absolute Gasteiger partial charge is 0.481 e. The lowest BCUT2D eigenvalue weighted by molar-refractivity contribution is -0.128. The summed E-state index contributed by atoms with van der Waals surface area (Å²) in [5, 5.41) is 3.06. The number of nitrogens with one attached hydrogen (secondary N) is 1. The number of ether oxygens (including phenoxy) is 1. The SMILES string of the molecule is CCC(Oc1ccc(N(C)S(C)(=O)=O)cc1)C(=O)NC(C)c1ccc(N2CCCC(C)C2)cc1. The fourth-order valence-corrected chi connectivity index (χ4v) is 4.70. The number of hydrogen-bond donors (Lipinski definition) is 1. The molecule has 0 saturated carbocycles. The number of rotatable bonds is 9. The molecule has 0 radical (unpaired) electrons. The summed E-state index contributed by atoms with van der Waals surface area (Å²) in [6.07, 6.45) is 3.54. The zero-order valence-corrected chi connectivity index (χ0v) is 21.6. The lowest BCUT2D eigenvalue weighted by Gasteiger charge is -2.33. The Morgan fingerprint density at radius 2 is 1.82 bits per heavy atom. The second-order valence-corrected chi connectivity index (χ2v) is 11.3. The molecule has 1 aliphatic rings. The topological polar surface area (TPSA) is 78.9 Å². The molecule has 0 aromatic heterocycles. The zero-order valence-electron chi connectivity index (χ0n) is 20.8. The Bertz CT molecular complexity index is 1050. The quantitative estimate of drug-likeness (QED) is 0.569. The van der Waals surface area contributed by atoms with Crippen molar-refractivity contribution in [3.63, 3.8) is 0 Å². The van der Waals surface area contributed by atoms with Crippen LogP contribution >= 0.6 is 0 Å². The maximum Gasteiger partial charge on any atom is 0.261 e. The van der Waals surface area contributed by atoms with Crippen LogP contribution in [-0.4, -0.2) is 46.8 Å². The smallest absolute Gasteiger partial charge is 0.261 e. The molecular weight excluding hydrogens is 450 g/mol. The molecule has 0 aliphatic carbocycles. The Balaban J connectivity index is 1.59. The third kappa shape index (κ3) is 6.65. The lowest BCUT2D eigenvalue weighted by Crippen LogP contribution is -2.39. The number of hydrogen-bond acceptors (Lipinski definition) is 5. The summed E-state index contributed by atoms with van der Waals surface area (Å²) in [5.41, 5.74) is 2.81. The summed E-state index contributed by atoms with van der Waals surface area (Å²) in [6, 6.07) is 15.0. The van der Waals surface area contributed by atoms with Crippen LogP contribution in [0.2, 0.25) is 0 Å². The number of anilines is 2. The molecule has 1 heterocycles. The Morgan fingerprint density at radius 3 is 2.38 bits per heavy atom. The molecule has 8 heteroatoms. The summed E-state index contributed by atoms with van der Waals surface area (Å²) in [5.74, 6) is 1.05. The van der Waals surface area contributed by atoms with E-state index in [2.05, 4.69) is 41.4 Å². The minimum Gasteiger partial charge on any atom is -0.481 e. The van der Waals surface area contributed by atoms with Crippen LogP contribution < -0.4 is 19.3 Å². The van der Waals surface area contributed by atoms with Crippen LogP contribution in [0, 0.1) is 5.92 Å². The molecule has 1 aliphatic heterocycles. The van der Waals surface area contributed by atoms with Gasteiger partial charge in [0.05, 0.1) is 18.0 Å². The number of sulfonamides is 1. The summed E-state index contributed by atoms with van der Waals surface area (Å²) in [6.45, 7) is 8.35. The molecule has 2 aromatic carbocycles. The van der Waals surface area contributed by atoms with Crippen LogP contribution in [-0.2, 0) is 14.8 Å². The van der Waals surface area contributed by atoms with Gasteiger partial charge in [-0.05, 0) is 74.1 Å². The van der Waals surface area contributed by atoms with Crippen LogP contribution in [0.5, 0.6) is 5.75 Å². The van der Waals surface area contributed by atoms with E-state index in [4.69, 9.17) is 4.74 Å². The molecule has 34 heavy (non-hydrogen) atoms. The van der Waals surface area contributed by atoms with Crippen molar-refractivity contribution in [2.75, 3.05) is 35.6 Å². The van der Waals surface area contributed by atoms with Crippen molar-refractivity contribution >= 4 is 27.3 Å². The first-order valence-corrected chi connectivity index (χ1v) is 13.8. The molecule has 3 rings (SSSR count). The summed E-state index contributed by atoms with van der Waals surface area (Å²) >= 11 is 0. The number of amides is 1. The van der Waals surface area contributed by atoms with Crippen molar-refractivity contribution in [2.24, 2.45) is 5.92 Å². The average molecular weight is 488 g/mol. The standard InChI is InChI=1S/C26H37N3O4S/c1-6-25(33-24-15-13-22(14-16-24)28(4)34(5,31)32)26(30)27-20(3)21-9-11-23(12-10-21)29-17-7-8-19(2)18-29/h9-16,19-20,25H,6-8,17-18H2,1-5H3,(H,27,30). The first kappa shape index (κ1) is 25.9. The zero-order chi connectivity index (χ0) is 24.9. The van der Waals surface area contributed by atoms with Gasteiger partial charge in [-0.25, -0.2) is 8.42 Å². The van der Waals surface area contributed by atoms with Gasteiger partial charge >= 0.3 is 0 Å². The van der Waals surface area contributed by atoms with Gasteiger partial charge in [-0.3, -0.25) is 9.10 Å². The fraction of sp³-hybridized carbons (Fsp3) is 0.500. The third-order valence-corrected chi connectivity index (χ3v) is 7.62. The first-order valence-electron chi connectivity index (χ1n) is 11.9. The summed E-state index contributed by atoms with van der Waals surface area (Å²) in [7, 11) is -1.84. The van der Waals surface area contributed by atoms with E-state index in [0.717, 1.165) is 30.8 Å². The van der Waals surface area contributed by atoms with Crippen molar-refractivity contribution in [3.05, 3.63) is 54.1 Å². The van der Waals surface area contributed by atoms with Gasteiger partial charge in [-0.2, -0.15) is 0 Å². The van der Waals surface area contributed by atoms with E-state index in [1.54, 1.807) is 24.3 Å². The van der Waals surface area contributed by atoms with Crippen LogP contribution in [0.3, 0.4) is 0 Å². The van der Waals surface area contributed by atoms with Gasteiger partial charge in [-0.1, -0.05) is 26.0 Å². The maximum absolute atomic E-state index is 12.9. The van der Waals surface area contributed by atoms with E-state index >= 15 is 0 Å². The Morgan fingerprint density at radius 1 is 1.18 bits per heavy atom. The molecule has 1 saturated heterocycles. The summed E-state index contributed by atoms with van der Waals surface area (Å²) < 4.78 is 30.5. The predicted octanol–water partition coefficient (Wildman–Crippen LogP) is 4.35. The predicted molar refractivity (Wildman–Crippen MR) is 138 cm³/mol. The number of benzene rings is 2. The van der Waals surface area contributed by atoms with Crippen molar-refractivity contribution in [2.45, 2.75) is 52.2 Å². The molecule has 7 nitrogen and oxygen atoms in total. The lowest BCUT2D eigenvalue weighted by atomic mass is 9.99. The second kappa shape index (κ2) is 11.1. The maximum atomic E-state index is 12.9. The third-order valence-electron chi connectivity index (χ3n) is 6.41. The van der Waals surface area contributed by atoms with E-state index in [1.165, 1.54) is 29.9 Å². The molecule has 3 atom stereocenters. The highest BCUT2D eigenvalue weighted by molar-refractivity contribution is 7.92. The van der Waals surface area contributed by atoms with Gasteiger partial charge in [0, 0.05) is 25.8 Å². The van der Waals surface area contributed by atoms with E-state index in [1.807, 2.05) is 13.8 Å². The van der Waals surface area contributed by atoms with E-state index in [-0.39, 0.29) is 11.9 Å². The van der Waals surface area contributed by atoms with Gasteiger partial charge in [0.1, 0.15) is 5.75 Å². The normalized spacial score (nSPS) is 18.1. The van der Waals surface area contributed by atoms with E-state index in [9.17, 15) is 13.2 Å². The van der Waals surface area contributed by atoms with Gasteiger partial charge in [0.25, 0.3) is 5.91 Å². The molecule has 3 unspecified atom stereocenters. The second-order valence-electron chi connectivity index (χ2n) is 9.25. The monoisotopic (exact) mass is 487 g/mol. The number of piperidine rings is 1.